The van der Waals surface area contributed by atoms with E-state index < -0.39 is 5.97 Å². The molecular formula is C26H21NO3. The zero-order chi connectivity index (χ0) is 21.3. The predicted molar refractivity (Wildman–Crippen MR) is 116 cm³/mol. The van der Waals surface area contributed by atoms with Crippen molar-refractivity contribution in [2.45, 2.75) is 25.9 Å². The van der Waals surface area contributed by atoms with Crippen molar-refractivity contribution in [2.24, 2.45) is 0 Å². The Morgan fingerprint density at radius 1 is 1.03 bits per heavy atom. The number of ether oxygens (including phenoxy) is 1. The van der Waals surface area contributed by atoms with Crippen molar-refractivity contribution >= 4 is 5.97 Å². The molecule has 30 heavy (non-hydrogen) atoms. The Morgan fingerprint density at radius 2 is 1.73 bits per heavy atom. The van der Waals surface area contributed by atoms with Gasteiger partial charge in [0.15, 0.2) is 0 Å². The summed E-state index contributed by atoms with van der Waals surface area (Å²) in [5.74, 6) is 5.24. The molecule has 0 aliphatic carbocycles. The summed E-state index contributed by atoms with van der Waals surface area (Å²) in [5.41, 5.74) is 4.42. The van der Waals surface area contributed by atoms with E-state index in [4.69, 9.17) is 9.84 Å². The van der Waals surface area contributed by atoms with Crippen molar-refractivity contribution in [2.75, 3.05) is 0 Å². The van der Waals surface area contributed by atoms with Crippen LogP contribution in [0.4, 0.5) is 0 Å². The quantitative estimate of drug-likeness (QED) is 0.545. The molecule has 0 fully saturated rings. The van der Waals surface area contributed by atoms with Crippen molar-refractivity contribution in [3.05, 3.63) is 89.5 Å². The smallest absolute Gasteiger partial charge is 0.304 e. The highest BCUT2D eigenvalue weighted by atomic mass is 16.5. The fourth-order valence-electron chi connectivity index (χ4n) is 3.18. The molecule has 0 amide bonds. The lowest BCUT2D eigenvalue weighted by Gasteiger charge is -2.11. The number of aliphatic carboxylic acids is 1. The number of nitriles is 1. The molecule has 0 radical (unpaired) electrons. The lowest BCUT2D eigenvalue weighted by molar-refractivity contribution is -0.137. The third kappa shape index (κ3) is 5.28. The van der Waals surface area contributed by atoms with Crippen LogP contribution in [0.25, 0.3) is 11.1 Å². The van der Waals surface area contributed by atoms with Crippen molar-refractivity contribution in [3.63, 3.8) is 0 Å². The van der Waals surface area contributed by atoms with Crippen LogP contribution in [-0.2, 0) is 11.4 Å². The molecule has 0 saturated carbocycles. The Kier molecular flexibility index (Phi) is 6.87. The number of nitrogens with zero attached hydrogens (tertiary/aromatic N) is 1. The molecule has 0 aliphatic rings. The summed E-state index contributed by atoms with van der Waals surface area (Å²) < 4.78 is 5.85. The van der Waals surface area contributed by atoms with Gasteiger partial charge in [-0.05, 0) is 47.4 Å². The summed E-state index contributed by atoms with van der Waals surface area (Å²) in [6, 6.07) is 25.1. The molecular weight excluding hydrogens is 374 g/mol. The Hall–Kier alpha value is -4.02. The SMILES string of the molecule is CC#CC(CC(=O)O)c1ccc(OCc2ccc(-c3ccccc3C#N)cc2)cc1. The third-order valence-corrected chi connectivity index (χ3v) is 4.70. The number of hydrogen-bond donors (Lipinski definition) is 1. The van der Waals surface area contributed by atoms with Gasteiger partial charge in [0.25, 0.3) is 0 Å². The summed E-state index contributed by atoms with van der Waals surface area (Å²) in [7, 11) is 0. The normalized spacial score (nSPS) is 10.9. The lowest BCUT2D eigenvalue weighted by atomic mass is 9.96. The molecule has 1 unspecified atom stereocenters. The van der Waals surface area contributed by atoms with Gasteiger partial charge in [-0.15, -0.1) is 5.92 Å². The van der Waals surface area contributed by atoms with Gasteiger partial charge in [0.2, 0.25) is 0 Å². The van der Waals surface area contributed by atoms with Crippen LogP contribution >= 0.6 is 0 Å². The minimum Gasteiger partial charge on any atom is -0.489 e. The summed E-state index contributed by atoms with van der Waals surface area (Å²) in [5, 5.41) is 18.3. The Morgan fingerprint density at radius 3 is 2.37 bits per heavy atom. The number of rotatable bonds is 7. The van der Waals surface area contributed by atoms with Crippen molar-refractivity contribution in [3.8, 4) is 34.8 Å². The average molecular weight is 395 g/mol. The molecule has 4 nitrogen and oxygen atoms in total. The van der Waals surface area contributed by atoms with E-state index in [0.29, 0.717) is 17.9 Å². The Bertz CT molecular complexity index is 1110. The molecule has 0 saturated heterocycles. The number of carboxylic acids is 1. The summed E-state index contributed by atoms with van der Waals surface area (Å²) in [4.78, 5) is 11.0. The van der Waals surface area contributed by atoms with Gasteiger partial charge in [-0.1, -0.05) is 60.5 Å². The molecule has 0 aliphatic heterocycles. The maximum Gasteiger partial charge on any atom is 0.304 e. The van der Waals surface area contributed by atoms with E-state index in [2.05, 4.69) is 17.9 Å². The molecule has 3 aromatic carbocycles. The van der Waals surface area contributed by atoms with Gasteiger partial charge in [-0.25, -0.2) is 0 Å². The molecule has 0 bridgehead atoms. The molecule has 1 N–H and O–H groups in total. The van der Waals surface area contributed by atoms with Gasteiger partial charge in [-0.2, -0.15) is 5.26 Å². The zero-order valence-electron chi connectivity index (χ0n) is 16.6. The Balaban J connectivity index is 1.65. The first-order chi connectivity index (χ1) is 14.6. The van der Waals surface area contributed by atoms with Crippen molar-refractivity contribution < 1.29 is 14.6 Å². The first-order valence-electron chi connectivity index (χ1n) is 9.56. The summed E-state index contributed by atoms with van der Waals surface area (Å²) in [6.45, 7) is 2.11. The topological polar surface area (TPSA) is 70.3 Å². The molecule has 0 heterocycles. The van der Waals surface area contributed by atoms with Gasteiger partial charge in [0.05, 0.1) is 24.0 Å². The van der Waals surface area contributed by atoms with Crippen LogP contribution in [0.15, 0.2) is 72.8 Å². The molecule has 0 aromatic heterocycles. The molecule has 3 rings (SSSR count). The number of carbonyl (C=O) groups is 1. The largest absolute Gasteiger partial charge is 0.489 e. The van der Waals surface area contributed by atoms with E-state index in [1.54, 1.807) is 6.92 Å². The van der Waals surface area contributed by atoms with E-state index in [1.165, 1.54) is 0 Å². The average Bonchev–Trinajstić information content (AvgIpc) is 2.78. The summed E-state index contributed by atoms with van der Waals surface area (Å²) >= 11 is 0. The minimum atomic E-state index is -0.871. The maximum atomic E-state index is 11.0. The van der Waals surface area contributed by atoms with Crippen LogP contribution < -0.4 is 4.74 Å². The zero-order valence-corrected chi connectivity index (χ0v) is 16.6. The first kappa shape index (κ1) is 20.7. The molecule has 3 aromatic rings. The maximum absolute atomic E-state index is 11.0. The van der Waals surface area contributed by atoms with Crippen LogP contribution in [0.2, 0.25) is 0 Å². The van der Waals surface area contributed by atoms with Crippen molar-refractivity contribution in [1.29, 1.82) is 5.26 Å². The monoisotopic (exact) mass is 395 g/mol. The summed E-state index contributed by atoms with van der Waals surface area (Å²) in [6.07, 6.45) is -0.0255. The fraction of sp³-hybridized carbons (Fsp3) is 0.154. The van der Waals surface area contributed by atoms with E-state index >= 15 is 0 Å². The highest BCUT2D eigenvalue weighted by Crippen LogP contribution is 2.25. The number of benzene rings is 3. The van der Waals surface area contributed by atoms with Crippen LogP contribution in [0.5, 0.6) is 5.75 Å². The van der Waals surface area contributed by atoms with E-state index in [1.807, 2.05) is 72.8 Å². The van der Waals surface area contributed by atoms with Gasteiger partial charge >= 0.3 is 5.97 Å². The highest BCUT2D eigenvalue weighted by Gasteiger charge is 2.13. The molecule has 4 heteroatoms. The highest BCUT2D eigenvalue weighted by molar-refractivity contribution is 5.70. The molecule has 0 spiro atoms. The third-order valence-electron chi connectivity index (χ3n) is 4.70. The number of hydrogen-bond acceptors (Lipinski definition) is 3. The van der Waals surface area contributed by atoms with E-state index in [0.717, 1.165) is 22.3 Å². The van der Waals surface area contributed by atoms with Crippen LogP contribution in [0.3, 0.4) is 0 Å². The molecule has 148 valence electrons. The standard InChI is InChI=1S/C26H21NO3/c1-2-5-22(16-26(28)29)20-12-14-24(15-13-20)30-18-19-8-10-21(11-9-19)25-7-4-3-6-23(25)17-27/h3-4,6-15,22H,16,18H2,1H3,(H,28,29). The Labute approximate surface area is 176 Å². The minimum absolute atomic E-state index is 0.0255. The predicted octanol–water partition coefficient (Wildman–Crippen LogP) is 5.39. The number of carboxylic acid groups (broad SMARTS) is 1. The molecule has 1 atom stereocenters. The van der Waals surface area contributed by atoms with E-state index in [-0.39, 0.29) is 12.3 Å². The second-order valence-electron chi connectivity index (χ2n) is 6.76. The van der Waals surface area contributed by atoms with Gasteiger partial charge in [0, 0.05) is 0 Å². The van der Waals surface area contributed by atoms with Crippen LogP contribution in [-0.4, -0.2) is 11.1 Å². The van der Waals surface area contributed by atoms with Gasteiger partial charge in [0.1, 0.15) is 12.4 Å². The lowest BCUT2D eigenvalue weighted by Crippen LogP contribution is -2.04. The van der Waals surface area contributed by atoms with Crippen LogP contribution in [0, 0.1) is 23.2 Å². The van der Waals surface area contributed by atoms with Gasteiger partial charge < -0.3 is 9.84 Å². The van der Waals surface area contributed by atoms with Gasteiger partial charge in [-0.3, -0.25) is 4.79 Å². The van der Waals surface area contributed by atoms with Crippen molar-refractivity contribution in [1.82, 2.24) is 0 Å². The second kappa shape index (κ2) is 9.96. The fourth-order valence-corrected chi connectivity index (χ4v) is 3.18. The first-order valence-corrected chi connectivity index (χ1v) is 9.56. The second-order valence-corrected chi connectivity index (χ2v) is 6.76. The van der Waals surface area contributed by atoms with E-state index in [9.17, 15) is 10.1 Å². The van der Waals surface area contributed by atoms with Crippen LogP contribution in [0.1, 0.15) is 36.0 Å².